The summed E-state index contributed by atoms with van der Waals surface area (Å²) in [6.45, 7) is 0. The molecule has 1 aromatic heterocycles. The normalized spacial score (nSPS) is 10.5. The molecule has 0 aliphatic rings. The first-order chi connectivity index (χ1) is 15.9. The lowest BCUT2D eigenvalue weighted by molar-refractivity contribution is -0.121. The summed E-state index contributed by atoms with van der Waals surface area (Å²) in [4.78, 5) is 31.2. The molecule has 1 heterocycles. The zero-order valence-corrected chi connectivity index (χ0v) is 18.2. The highest BCUT2D eigenvalue weighted by molar-refractivity contribution is 6.10. The number of nitrogens with zero attached hydrogens (tertiary/aromatic N) is 2. The molecule has 3 rings (SSSR count). The van der Waals surface area contributed by atoms with Crippen LogP contribution in [0.3, 0.4) is 0 Å². The van der Waals surface area contributed by atoms with Gasteiger partial charge in [-0.25, -0.2) is 9.97 Å². The van der Waals surface area contributed by atoms with E-state index in [9.17, 15) is 19.8 Å². The maximum atomic E-state index is 11.9. The van der Waals surface area contributed by atoms with Gasteiger partial charge in [0.25, 0.3) is 0 Å². The largest absolute Gasteiger partial charge is 0.504 e. The second kappa shape index (κ2) is 13.1. The van der Waals surface area contributed by atoms with E-state index in [0.29, 0.717) is 22.6 Å². The second-order valence-corrected chi connectivity index (χ2v) is 6.54. The minimum Gasteiger partial charge on any atom is -0.504 e. The van der Waals surface area contributed by atoms with Crippen LogP contribution < -0.4 is 9.47 Å². The van der Waals surface area contributed by atoms with Crippen molar-refractivity contribution in [3.05, 3.63) is 84.5 Å². The highest BCUT2D eigenvalue weighted by Crippen LogP contribution is 2.27. The van der Waals surface area contributed by atoms with Gasteiger partial charge in [-0.15, -0.1) is 0 Å². The molecule has 33 heavy (non-hydrogen) atoms. The second-order valence-electron chi connectivity index (χ2n) is 6.54. The fourth-order valence-corrected chi connectivity index (χ4v) is 2.52. The first-order valence-electron chi connectivity index (χ1n) is 9.78. The monoisotopic (exact) mass is 448 g/mol. The number of methoxy groups -OCH3 is 2. The molecule has 2 aromatic carbocycles. The lowest BCUT2D eigenvalue weighted by atomic mass is 10.1. The predicted octanol–water partition coefficient (Wildman–Crippen LogP) is 3.85. The number of aromatic nitrogens is 2. The standard InChI is InChI=1S/C21H20O6.C4H4N2/c1-26-20-11-14(5-9-18(20)24)3-7-16(22)13-17(23)8-4-15-6-10-19(25)21(12-15)27-2;1-2-5-4-6-3-1/h3-12,24-25H,13H2,1-2H3;1-4H/b7-3+,8-4+;. The molecule has 0 aliphatic heterocycles. The molecule has 0 atom stereocenters. The molecule has 0 saturated carbocycles. The van der Waals surface area contributed by atoms with Crippen molar-refractivity contribution < 1.29 is 29.3 Å². The van der Waals surface area contributed by atoms with Gasteiger partial charge in [0, 0.05) is 12.4 Å². The fraction of sp³-hybridized carbons (Fsp3) is 0.120. The van der Waals surface area contributed by atoms with Crippen LogP contribution in [0, 0.1) is 0 Å². The minimum atomic E-state index is -0.347. The highest BCUT2D eigenvalue weighted by Gasteiger charge is 2.06. The molecule has 170 valence electrons. The number of carbonyl (C=O) groups excluding carboxylic acids is 2. The van der Waals surface area contributed by atoms with E-state index in [-0.39, 0.29) is 29.5 Å². The average Bonchev–Trinajstić information content (AvgIpc) is 2.84. The van der Waals surface area contributed by atoms with E-state index >= 15 is 0 Å². The van der Waals surface area contributed by atoms with E-state index in [4.69, 9.17) is 9.47 Å². The third-order valence-electron chi connectivity index (χ3n) is 4.16. The summed E-state index contributed by atoms with van der Waals surface area (Å²) < 4.78 is 10.00. The summed E-state index contributed by atoms with van der Waals surface area (Å²) in [6, 6.07) is 11.1. The summed E-state index contributed by atoms with van der Waals surface area (Å²) in [5.74, 6) is -0.0832. The van der Waals surface area contributed by atoms with Crippen molar-refractivity contribution in [2.75, 3.05) is 14.2 Å². The average molecular weight is 448 g/mol. The van der Waals surface area contributed by atoms with Gasteiger partial charge in [-0.2, -0.15) is 0 Å². The van der Waals surface area contributed by atoms with Crippen molar-refractivity contribution in [1.82, 2.24) is 9.97 Å². The van der Waals surface area contributed by atoms with E-state index < -0.39 is 0 Å². The van der Waals surface area contributed by atoms with Crippen LogP contribution in [0.5, 0.6) is 23.0 Å². The number of rotatable bonds is 8. The number of phenols is 2. The SMILES string of the molecule is COc1cc(/C=C/C(=O)CC(=O)/C=C/c2ccc(O)c(OC)c2)ccc1O.c1cncnc1. The van der Waals surface area contributed by atoms with Crippen molar-refractivity contribution in [2.45, 2.75) is 6.42 Å². The zero-order chi connectivity index (χ0) is 24.1. The van der Waals surface area contributed by atoms with Crippen LogP contribution in [-0.2, 0) is 9.59 Å². The Balaban J connectivity index is 0.000000554. The van der Waals surface area contributed by atoms with Crippen LogP contribution in [0.15, 0.2) is 73.3 Å². The molecule has 0 amide bonds. The van der Waals surface area contributed by atoms with Crippen molar-refractivity contribution in [3.63, 3.8) is 0 Å². The smallest absolute Gasteiger partial charge is 0.163 e. The van der Waals surface area contributed by atoms with Crippen LogP contribution in [0.25, 0.3) is 12.2 Å². The Bertz CT molecular complexity index is 1030. The molecule has 2 N–H and O–H groups in total. The quantitative estimate of drug-likeness (QED) is 0.394. The molecule has 0 radical (unpaired) electrons. The summed E-state index contributed by atoms with van der Waals surface area (Å²) in [7, 11) is 2.87. The van der Waals surface area contributed by atoms with Gasteiger partial charge < -0.3 is 19.7 Å². The van der Waals surface area contributed by atoms with Gasteiger partial charge >= 0.3 is 0 Å². The molecule has 3 aromatic rings. The molecule has 0 unspecified atom stereocenters. The maximum absolute atomic E-state index is 11.9. The van der Waals surface area contributed by atoms with E-state index in [1.807, 2.05) is 0 Å². The van der Waals surface area contributed by atoms with E-state index in [1.165, 1.54) is 44.8 Å². The van der Waals surface area contributed by atoms with Crippen molar-refractivity contribution in [2.24, 2.45) is 0 Å². The third kappa shape index (κ3) is 8.66. The molecule has 0 spiro atoms. The Morgan fingerprint density at radius 1 is 0.818 bits per heavy atom. The van der Waals surface area contributed by atoms with Crippen LogP contribution in [0.2, 0.25) is 0 Å². The number of ketones is 2. The summed E-state index contributed by atoms with van der Waals surface area (Å²) in [5, 5.41) is 19.1. The molecular formula is C25H24N2O6. The summed E-state index contributed by atoms with van der Waals surface area (Å²) >= 11 is 0. The third-order valence-corrected chi connectivity index (χ3v) is 4.16. The molecule has 0 aliphatic carbocycles. The van der Waals surface area contributed by atoms with Gasteiger partial charge in [0.05, 0.1) is 20.6 Å². The van der Waals surface area contributed by atoms with E-state index in [1.54, 1.807) is 54.9 Å². The molecular weight excluding hydrogens is 424 g/mol. The van der Waals surface area contributed by atoms with E-state index in [2.05, 4.69) is 9.97 Å². The van der Waals surface area contributed by atoms with Gasteiger partial charge in [0.1, 0.15) is 6.33 Å². The number of aromatic hydroxyl groups is 2. The number of phenolic OH excluding ortho intramolecular Hbond substituents is 2. The Kier molecular flexibility index (Phi) is 9.82. The van der Waals surface area contributed by atoms with Crippen molar-refractivity contribution in [1.29, 1.82) is 0 Å². The van der Waals surface area contributed by atoms with Gasteiger partial charge in [-0.1, -0.05) is 24.3 Å². The topological polar surface area (TPSA) is 119 Å². The maximum Gasteiger partial charge on any atom is 0.163 e. The Morgan fingerprint density at radius 2 is 1.27 bits per heavy atom. The molecule has 8 nitrogen and oxygen atoms in total. The first kappa shape index (κ1) is 24.8. The van der Waals surface area contributed by atoms with Crippen molar-refractivity contribution in [3.8, 4) is 23.0 Å². The summed E-state index contributed by atoms with van der Waals surface area (Å²) in [5.41, 5.74) is 1.33. The van der Waals surface area contributed by atoms with E-state index in [0.717, 1.165) is 0 Å². The number of carbonyl (C=O) groups is 2. The number of ether oxygens (including phenoxy) is 2. The van der Waals surface area contributed by atoms with Crippen molar-refractivity contribution >= 4 is 23.7 Å². The molecule has 0 fully saturated rings. The van der Waals surface area contributed by atoms with Crippen LogP contribution in [-0.4, -0.2) is 46.0 Å². The Hall–Kier alpha value is -4.46. The minimum absolute atomic E-state index is 0.00662. The Labute approximate surface area is 191 Å². The highest BCUT2D eigenvalue weighted by atomic mass is 16.5. The van der Waals surface area contributed by atoms with Gasteiger partial charge in [-0.05, 0) is 53.6 Å². The van der Waals surface area contributed by atoms with Crippen LogP contribution >= 0.6 is 0 Å². The van der Waals surface area contributed by atoms with Crippen LogP contribution in [0.1, 0.15) is 17.5 Å². The lowest BCUT2D eigenvalue weighted by Gasteiger charge is -2.03. The van der Waals surface area contributed by atoms with Gasteiger partial charge in [-0.3, -0.25) is 9.59 Å². The van der Waals surface area contributed by atoms with Gasteiger partial charge in [0.2, 0.25) is 0 Å². The zero-order valence-electron chi connectivity index (χ0n) is 18.2. The van der Waals surface area contributed by atoms with Gasteiger partial charge in [0.15, 0.2) is 34.6 Å². The summed E-state index contributed by atoms with van der Waals surface area (Å²) in [6.07, 6.45) is 10.3. The predicted molar refractivity (Wildman–Crippen MR) is 124 cm³/mol. The molecule has 8 heteroatoms. The lowest BCUT2D eigenvalue weighted by Crippen LogP contribution is -2.01. The first-order valence-corrected chi connectivity index (χ1v) is 9.78. The molecule has 0 bridgehead atoms. The number of hydrogen-bond donors (Lipinski definition) is 2. The number of benzene rings is 2. The number of allylic oxidation sites excluding steroid dienone is 2. The molecule has 0 saturated heterocycles. The Morgan fingerprint density at radius 3 is 1.61 bits per heavy atom. The number of hydrogen-bond acceptors (Lipinski definition) is 8. The fourth-order valence-electron chi connectivity index (χ4n) is 2.52. The van der Waals surface area contributed by atoms with Crippen LogP contribution in [0.4, 0.5) is 0 Å².